The quantitative estimate of drug-likeness (QED) is 0.795. The second-order valence-electron chi connectivity index (χ2n) is 3.93. The fraction of sp³-hybridized carbons (Fsp3) is 0.0769. The second-order valence-corrected chi connectivity index (χ2v) is 4.96. The van der Waals surface area contributed by atoms with Gasteiger partial charge >= 0.3 is 0 Å². The molecule has 96 valence electrons. The normalized spacial score (nSPS) is 10.8. The number of hydrogen-bond acceptors (Lipinski definition) is 4. The summed E-state index contributed by atoms with van der Waals surface area (Å²) >= 11 is 1.21. The average Bonchev–Trinajstić information content (AvgIpc) is 2.81. The summed E-state index contributed by atoms with van der Waals surface area (Å²) in [6, 6.07) is 7.71. The van der Waals surface area contributed by atoms with Crippen LogP contribution in [0.5, 0.6) is 0 Å². The van der Waals surface area contributed by atoms with Crippen LogP contribution in [0.3, 0.4) is 0 Å². The Hall–Kier alpha value is -2.08. The van der Waals surface area contributed by atoms with E-state index in [-0.39, 0.29) is 5.52 Å². The number of nitrogens with zero attached hydrogens (tertiary/aromatic N) is 2. The summed E-state index contributed by atoms with van der Waals surface area (Å²) in [5.41, 5.74) is 1.04. The molecule has 0 aliphatic heterocycles. The molecule has 0 spiro atoms. The van der Waals surface area contributed by atoms with Crippen LogP contribution in [0.25, 0.3) is 10.2 Å². The van der Waals surface area contributed by atoms with Gasteiger partial charge in [-0.15, -0.1) is 0 Å². The first-order valence-electron chi connectivity index (χ1n) is 5.62. The van der Waals surface area contributed by atoms with Crippen LogP contribution in [0.2, 0.25) is 0 Å². The Labute approximate surface area is 111 Å². The SMILES string of the molecule is Fc1cc(F)c2nc(NCc3ccccn3)sc2c1. The van der Waals surface area contributed by atoms with E-state index in [1.165, 1.54) is 17.4 Å². The number of fused-ring (bicyclic) bond motifs is 1. The molecule has 0 unspecified atom stereocenters. The number of thiazole rings is 1. The van der Waals surface area contributed by atoms with Crippen molar-refractivity contribution in [3.63, 3.8) is 0 Å². The van der Waals surface area contributed by atoms with Crippen molar-refractivity contribution in [2.75, 3.05) is 5.32 Å². The van der Waals surface area contributed by atoms with Crippen LogP contribution in [0.4, 0.5) is 13.9 Å². The summed E-state index contributed by atoms with van der Waals surface area (Å²) in [5, 5.41) is 3.60. The molecule has 2 aromatic heterocycles. The van der Waals surface area contributed by atoms with E-state index >= 15 is 0 Å². The predicted molar refractivity (Wildman–Crippen MR) is 71.1 cm³/mol. The number of hydrogen-bond donors (Lipinski definition) is 1. The van der Waals surface area contributed by atoms with E-state index in [0.29, 0.717) is 16.4 Å². The third-order valence-corrected chi connectivity index (χ3v) is 3.52. The Morgan fingerprint density at radius 1 is 1.21 bits per heavy atom. The predicted octanol–water partition coefficient (Wildman–Crippen LogP) is 3.58. The maximum Gasteiger partial charge on any atom is 0.184 e. The van der Waals surface area contributed by atoms with Crippen molar-refractivity contribution in [1.82, 2.24) is 9.97 Å². The van der Waals surface area contributed by atoms with Gasteiger partial charge in [0.15, 0.2) is 10.9 Å². The van der Waals surface area contributed by atoms with E-state index < -0.39 is 11.6 Å². The number of pyridine rings is 1. The highest BCUT2D eigenvalue weighted by molar-refractivity contribution is 7.22. The van der Waals surface area contributed by atoms with Crippen LogP contribution in [-0.4, -0.2) is 9.97 Å². The molecule has 0 aliphatic carbocycles. The molecule has 1 N–H and O–H groups in total. The first kappa shape index (κ1) is 12.0. The van der Waals surface area contributed by atoms with Crippen molar-refractivity contribution in [2.24, 2.45) is 0 Å². The van der Waals surface area contributed by atoms with E-state index in [9.17, 15) is 8.78 Å². The van der Waals surface area contributed by atoms with Gasteiger partial charge < -0.3 is 5.32 Å². The summed E-state index contributed by atoms with van der Waals surface area (Å²) < 4.78 is 27.0. The molecule has 0 radical (unpaired) electrons. The molecular weight excluding hydrogens is 268 g/mol. The monoisotopic (exact) mass is 277 g/mol. The maximum absolute atomic E-state index is 13.5. The van der Waals surface area contributed by atoms with E-state index in [4.69, 9.17) is 0 Å². The van der Waals surface area contributed by atoms with Gasteiger partial charge in [0, 0.05) is 12.3 Å². The van der Waals surface area contributed by atoms with Gasteiger partial charge in [-0.05, 0) is 18.2 Å². The topological polar surface area (TPSA) is 37.8 Å². The lowest BCUT2D eigenvalue weighted by Gasteiger charge is -2.00. The molecule has 0 fully saturated rings. The summed E-state index contributed by atoms with van der Waals surface area (Å²) in [6.07, 6.45) is 1.70. The standard InChI is InChI=1S/C13H9F2N3S/c14-8-5-10(15)12-11(6-8)19-13(18-12)17-7-9-3-1-2-4-16-9/h1-6H,7H2,(H,17,18). The minimum Gasteiger partial charge on any atom is -0.356 e. The highest BCUT2D eigenvalue weighted by atomic mass is 32.1. The molecule has 0 atom stereocenters. The third-order valence-electron chi connectivity index (χ3n) is 2.56. The Bertz CT molecular complexity index is 712. The van der Waals surface area contributed by atoms with Crippen LogP contribution in [0, 0.1) is 11.6 Å². The average molecular weight is 277 g/mol. The minimum absolute atomic E-state index is 0.190. The molecule has 0 aliphatic rings. The van der Waals surface area contributed by atoms with Gasteiger partial charge in [-0.3, -0.25) is 4.98 Å². The van der Waals surface area contributed by atoms with Crippen molar-refractivity contribution in [1.29, 1.82) is 0 Å². The zero-order chi connectivity index (χ0) is 13.2. The second kappa shape index (κ2) is 4.89. The third kappa shape index (κ3) is 2.53. The Balaban J connectivity index is 1.84. The van der Waals surface area contributed by atoms with Gasteiger partial charge in [-0.1, -0.05) is 17.4 Å². The Morgan fingerprint density at radius 2 is 2.11 bits per heavy atom. The number of halogens is 2. The molecular formula is C13H9F2N3S. The lowest BCUT2D eigenvalue weighted by molar-refractivity contribution is 0.591. The van der Waals surface area contributed by atoms with Gasteiger partial charge in [0.25, 0.3) is 0 Å². The molecule has 6 heteroatoms. The smallest absolute Gasteiger partial charge is 0.184 e. The maximum atomic E-state index is 13.5. The zero-order valence-corrected chi connectivity index (χ0v) is 10.5. The van der Waals surface area contributed by atoms with E-state index in [2.05, 4.69) is 15.3 Å². The molecule has 0 saturated heterocycles. The molecule has 0 saturated carbocycles. The van der Waals surface area contributed by atoms with Crippen molar-refractivity contribution in [3.05, 3.63) is 53.9 Å². The molecule has 3 rings (SSSR count). The van der Waals surface area contributed by atoms with E-state index in [0.717, 1.165) is 11.8 Å². The first-order chi connectivity index (χ1) is 9.22. The number of aromatic nitrogens is 2. The highest BCUT2D eigenvalue weighted by Gasteiger charge is 2.10. The molecule has 3 nitrogen and oxygen atoms in total. The lowest BCUT2D eigenvalue weighted by Crippen LogP contribution is -2.00. The van der Waals surface area contributed by atoms with Crippen LogP contribution < -0.4 is 5.32 Å². The lowest BCUT2D eigenvalue weighted by atomic mass is 10.3. The van der Waals surface area contributed by atoms with Crippen molar-refractivity contribution >= 4 is 26.7 Å². The zero-order valence-electron chi connectivity index (χ0n) is 9.73. The van der Waals surface area contributed by atoms with Gasteiger partial charge in [0.05, 0.1) is 16.9 Å². The molecule has 2 heterocycles. The van der Waals surface area contributed by atoms with Gasteiger partial charge in [-0.2, -0.15) is 0 Å². The largest absolute Gasteiger partial charge is 0.356 e. The number of nitrogens with one attached hydrogen (secondary N) is 1. The number of rotatable bonds is 3. The van der Waals surface area contributed by atoms with Crippen LogP contribution in [0.15, 0.2) is 36.5 Å². The van der Waals surface area contributed by atoms with Crippen LogP contribution in [-0.2, 0) is 6.54 Å². The van der Waals surface area contributed by atoms with Crippen molar-refractivity contribution in [2.45, 2.75) is 6.54 Å². The summed E-state index contributed by atoms with van der Waals surface area (Å²) in [7, 11) is 0. The van der Waals surface area contributed by atoms with Gasteiger partial charge in [-0.25, -0.2) is 13.8 Å². The summed E-state index contributed by atoms with van der Waals surface area (Å²) in [5.74, 6) is -1.23. The summed E-state index contributed by atoms with van der Waals surface area (Å²) in [4.78, 5) is 8.27. The first-order valence-corrected chi connectivity index (χ1v) is 6.43. The minimum atomic E-state index is -0.642. The van der Waals surface area contributed by atoms with Crippen LogP contribution >= 0.6 is 11.3 Å². The van der Waals surface area contributed by atoms with E-state index in [1.807, 2.05) is 18.2 Å². The molecule has 19 heavy (non-hydrogen) atoms. The fourth-order valence-electron chi connectivity index (χ4n) is 1.70. The molecule has 1 aromatic carbocycles. The Kier molecular flexibility index (Phi) is 3.08. The van der Waals surface area contributed by atoms with Crippen molar-refractivity contribution in [3.8, 4) is 0 Å². The number of benzene rings is 1. The van der Waals surface area contributed by atoms with Crippen LogP contribution in [0.1, 0.15) is 5.69 Å². The Morgan fingerprint density at radius 3 is 2.89 bits per heavy atom. The van der Waals surface area contributed by atoms with Gasteiger partial charge in [0.1, 0.15) is 11.3 Å². The molecule has 0 amide bonds. The number of anilines is 1. The van der Waals surface area contributed by atoms with Crippen molar-refractivity contribution < 1.29 is 8.78 Å². The molecule has 3 aromatic rings. The van der Waals surface area contributed by atoms with Gasteiger partial charge in [0.2, 0.25) is 0 Å². The van der Waals surface area contributed by atoms with E-state index in [1.54, 1.807) is 6.20 Å². The fourth-order valence-corrected chi connectivity index (χ4v) is 2.60. The highest BCUT2D eigenvalue weighted by Crippen LogP contribution is 2.28. The molecule has 0 bridgehead atoms. The summed E-state index contributed by atoms with van der Waals surface area (Å²) in [6.45, 7) is 0.491.